The number of hydrogen-bond acceptors (Lipinski definition) is 4. The van der Waals surface area contributed by atoms with Crippen LogP contribution in [0.5, 0.6) is 0 Å². The smallest absolute Gasteiger partial charge is 0.781 e. The van der Waals surface area contributed by atoms with Crippen LogP contribution in [0, 0.1) is 0 Å². The summed E-state index contributed by atoms with van der Waals surface area (Å²) in [4.78, 5) is 9.40. The minimum atomic E-state index is -2.96. The fraction of sp³-hybridized carbons (Fsp3) is 1.00. The van der Waals surface area contributed by atoms with Crippen LogP contribution in [0.4, 0.5) is 0 Å². The summed E-state index contributed by atoms with van der Waals surface area (Å²) in [6.07, 6.45) is 0. The van der Waals surface area contributed by atoms with Gasteiger partial charge in [0.05, 0.1) is 5.94 Å². The molecular formula is CH4NaO3PS. The summed E-state index contributed by atoms with van der Waals surface area (Å²) in [6, 6.07) is 0. The van der Waals surface area contributed by atoms with E-state index >= 15 is 0 Å². The van der Waals surface area contributed by atoms with E-state index < -0.39 is 8.25 Å². The van der Waals surface area contributed by atoms with E-state index in [0.29, 0.717) is 0 Å². The standard InChI is InChI=1S/CH5O3PS.Na/c2-5(3)4-1-6;/h5-6H,1H2,(H,2,3);/q;+1/p-1. The largest absolute Gasteiger partial charge is 1.00 e. The van der Waals surface area contributed by atoms with Crippen molar-refractivity contribution in [1.82, 2.24) is 0 Å². The summed E-state index contributed by atoms with van der Waals surface area (Å²) in [5, 5.41) is 0. The number of hydrogen-bond donors (Lipinski definition) is 1. The Labute approximate surface area is 70.1 Å². The Morgan fingerprint density at radius 1 is 1.86 bits per heavy atom. The Bertz CT molecular complexity index is 58.9. The minimum absolute atomic E-state index is 0. The maximum Gasteiger partial charge on any atom is 1.00 e. The third-order valence-electron chi connectivity index (χ3n) is 0.182. The topological polar surface area (TPSA) is 49.4 Å². The van der Waals surface area contributed by atoms with Crippen molar-refractivity contribution in [2.24, 2.45) is 0 Å². The summed E-state index contributed by atoms with van der Waals surface area (Å²) in [6.45, 7) is 0. The van der Waals surface area contributed by atoms with Gasteiger partial charge in [-0.1, -0.05) is 0 Å². The molecule has 3 nitrogen and oxygen atoms in total. The first-order valence-corrected chi connectivity index (χ1v) is 3.07. The molecule has 0 saturated carbocycles. The third-order valence-corrected chi connectivity index (χ3v) is 0.935. The Kier molecular flexibility index (Phi) is 12.1. The summed E-state index contributed by atoms with van der Waals surface area (Å²) in [5.41, 5.74) is 0. The Morgan fingerprint density at radius 2 is 2.29 bits per heavy atom. The number of rotatable bonds is 2. The van der Waals surface area contributed by atoms with Gasteiger partial charge in [0.15, 0.2) is 0 Å². The van der Waals surface area contributed by atoms with E-state index in [1.807, 2.05) is 0 Å². The van der Waals surface area contributed by atoms with Crippen molar-refractivity contribution in [2.75, 3.05) is 5.94 Å². The van der Waals surface area contributed by atoms with Crippen LogP contribution in [0.1, 0.15) is 0 Å². The molecule has 0 saturated heterocycles. The summed E-state index contributed by atoms with van der Waals surface area (Å²) >= 11 is 3.46. The van der Waals surface area contributed by atoms with Gasteiger partial charge in [0, 0.05) is 0 Å². The Morgan fingerprint density at radius 3 is 2.29 bits per heavy atom. The molecule has 0 spiro atoms. The first-order valence-electron chi connectivity index (χ1n) is 1.22. The van der Waals surface area contributed by atoms with Gasteiger partial charge < -0.3 is 14.0 Å². The van der Waals surface area contributed by atoms with Gasteiger partial charge in [0.25, 0.3) is 0 Å². The van der Waals surface area contributed by atoms with E-state index in [4.69, 9.17) is 0 Å². The molecule has 0 aliphatic rings. The zero-order valence-electron chi connectivity index (χ0n) is 3.88. The second-order valence-electron chi connectivity index (χ2n) is 0.523. The molecule has 0 aromatic rings. The van der Waals surface area contributed by atoms with Crippen LogP contribution >= 0.6 is 20.9 Å². The van der Waals surface area contributed by atoms with Gasteiger partial charge >= 0.3 is 29.6 Å². The van der Waals surface area contributed by atoms with Crippen molar-refractivity contribution in [1.29, 1.82) is 0 Å². The van der Waals surface area contributed by atoms with Crippen molar-refractivity contribution < 1.29 is 43.5 Å². The second kappa shape index (κ2) is 7.50. The van der Waals surface area contributed by atoms with Crippen LogP contribution in [0.3, 0.4) is 0 Å². The third kappa shape index (κ3) is 11.2. The van der Waals surface area contributed by atoms with Gasteiger partial charge in [-0.25, -0.2) is 0 Å². The molecule has 0 rings (SSSR count). The molecule has 0 heterocycles. The maximum atomic E-state index is 9.40. The maximum absolute atomic E-state index is 9.40. The van der Waals surface area contributed by atoms with Crippen molar-refractivity contribution in [3.63, 3.8) is 0 Å². The molecule has 6 heteroatoms. The van der Waals surface area contributed by atoms with Crippen LogP contribution in [0.2, 0.25) is 0 Å². The molecule has 1 atom stereocenters. The molecule has 1 unspecified atom stereocenters. The molecule has 0 fully saturated rings. The molecule has 0 amide bonds. The van der Waals surface area contributed by atoms with Crippen molar-refractivity contribution in [3.05, 3.63) is 0 Å². The normalized spacial score (nSPS) is 12.3. The fourth-order valence-corrected chi connectivity index (χ4v) is 0.474. The predicted octanol–water partition coefficient (Wildman–Crippen LogP) is -3.36. The Balaban J connectivity index is 0. The molecule has 0 radical (unpaired) electrons. The Hall–Kier alpha value is 1.50. The van der Waals surface area contributed by atoms with Crippen LogP contribution < -0.4 is 34.5 Å². The van der Waals surface area contributed by atoms with E-state index in [-0.39, 0.29) is 35.5 Å². The number of thiol groups is 1. The van der Waals surface area contributed by atoms with Gasteiger partial charge in [0.1, 0.15) is 8.25 Å². The zero-order chi connectivity index (χ0) is 4.99. The second-order valence-corrected chi connectivity index (χ2v) is 1.57. The molecule has 0 bridgehead atoms. The van der Waals surface area contributed by atoms with E-state index in [9.17, 15) is 9.46 Å². The van der Waals surface area contributed by atoms with Gasteiger partial charge in [-0.3, -0.25) is 0 Å². The molecular weight excluding hydrogens is 146 g/mol. The van der Waals surface area contributed by atoms with E-state index in [2.05, 4.69) is 17.2 Å². The molecule has 0 aliphatic heterocycles. The van der Waals surface area contributed by atoms with Gasteiger partial charge in [-0.15, -0.1) is 0 Å². The quantitative estimate of drug-likeness (QED) is 0.193. The van der Waals surface area contributed by atoms with Crippen LogP contribution in [0.15, 0.2) is 0 Å². The van der Waals surface area contributed by atoms with E-state index in [1.54, 1.807) is 0 Å². The summed E-state index contributed by atoms with van der Waals surface area (Å²) < 4.78 is 13.3. The van der Waals surface area contributed by atoms with Gasteiger partial charge in [0.2, 0.25) is 0 Å². The zero-order valence-corrected chi connectivity index (χ0v) is 7.77. The average Bonchev–Trinajstić information content (AvgIpc) is 1.35. The van der Waals surface area contributed by atoms with Crippen LogP contribution in [-0.4, -0.2) is 5.94 Å². The minimum Gasteiger partial charge on any atom is -0.781 e. The molecule has 38 valence electrons. The molecule has 0 aromatic heterocycles. The van der Waals surface area contributed by atoms with Gasteiger partial charge in [-0.05, 0) is 0 Å². The first-order chi connectivity index (χ1) is 2.77. The SMILES string of the molecule is O=[PH]([O-])OCS.[Na+]. The van der Waals surface area contributed by atoms with Crippen LogP contribution in [0.25, 0.3) is 0 Å². The molecule has 0 N–H and O–H groups in total. The van der Waals surface area contributed by atoms with Crippen molar-refractivity contribution >= 4 is 20.9 Å². The first kappa shape index (κ1) is 11.3. The summed E-state index contributed by atoms with van der Waals surface area (Å²) in [5.74, 6) is -0.0543. The molecule has 0 aliphatic carbocycles. The molecule has 7 heavy (non-hydrogen) atoms. The monoisotopic (exact) mass is 150 g/mol. The molecule has 0 aromatic carbocycles. The van der Waals surface area contributed by atoms with Crippen molar-refractivity contribution in [2.45, 2.75) is 0 Å². The summed E-state index contributed by atoms with van der Waals surface area (Å²) in [7, 11) is -2.96. The van der Waals surface area contributed by atoms with E-state index in [0.717, 1.165) is 0 Å². The van der Waals surface area contributed by atoms with Gasteiger partial charge in [-0.2, -0.15) is 12.6 Å². The average molecular weight is 150 g/mol. The fourth-order valence-electron chi connectivity index (χ4n) is 0.0527. The van der Waals surface area contributed by atoms with E-state index in [1.165, 1.54) is 0 Å². The van der Waals surface area contributed by atoms with Crippen molar-refractivity contribution in [3.8, 4) is 0 Å². The van der Waals surface area contributed by atoms with Crippen LogP contribution in [-0.2, 0) is 9.09 Å². The predicted molar refractivity (Wildman–Crippen MR) is 23.9 cm³/mol.